The van der Waals surface area contributed by atoms with Crippen molar-refractivity contribution in [2.45, 2.75) is 37.4 Å². The van der Waals surface area contributed by atoms with Crippen LogP contribution in [0.15, 0.2) is 0 Å². The van der Waals surface area contributed by atoms with Gasteiger partial charge in [-0.1, -0.05) is 0 Å². The summed E-state index contributed by atoms with van der Waals surface area (Å²) in [5.41, 5.74) is 0. The van der Waals surface area contributed by atoms with Gasteiger partial charge in [0.25, 0.3) is 0 Å². The minimum atomic E-state index is -1.14. The minimum Gasteiger partial charge on any atom is -0.394 e. The van der Waals surface area contributed by atoms with E-state index in [9.17, 15) is 10.2 Å². The van der Waals surface area contributed by atoms with Crippen LogP contribution < -0.4 is 0 Å². The Labute approximate surface area is 70.2 Å². The molecule has 1 fully saturated rings. The molecule has 1 heterocycles. The highest BCUT2D eigenvalue weighted by atomic mass is 16.6. The third-order valence-corrected chi connectivity index (χ3v) is 2.11. The summed E-state index contributed by atoms with van der Waals surface area (Å²) in [6, 6.07) is 0. The van der Waals surface area contributed by atoms with Gasteiger partial charge in [-0.3, -0.25) is 0 Å². The van der Waals surface area contributed by atoms with Gasteiger partial charge in [0.05, 0.1) is 12.7 Å². The van der Waals surface area contributed by atoms with Gasteiger partial charge in [0.15, 0.2) is 0 Å². The first-order valence-electron chi connectivity index (χ1n) is 3.88. The van der Waals surface area contributed by atoms with Gasteiger partial charge in [-0.2, -0.15) is 0 Å². The first-order chi connectivity index (χ1) is 5.57. The summed E-state index contributed by atoms with van der Waals surface area (Å²) in [6.07, 6.45) is -4.65. The number of hydrogen-bond acceptors (Lipinski definition) is 5. The number of ether oxygens (including phenoxy) is 1. The van der Waals surface area contributed by atoms with Gasteiger partial charge in [-0.15, -0.1) is 0 Å². The average molecular weight is 178 g/mol. The Kier molecular flexibility index (Phi) is 3.03. The highest BCUT2D eigenvalue weighted by Gasteiger charge is 2.43. The smallest absolute Gasteiger partial charge is 0.115 e. The molecule has 0 aromatic carbocycles. The van der Waals surface area contributed by atoms with E-state index in [2.05, 4.69) is 0 Å². The SMILES string of the molecule is C[C@@H]1O[C@H]([C@H](O)CO)[C@@H](O)C1O. The molecule has 1 rings (SSSR count). The molecule has 0 aromatic heterocycles. The van der Waals surface area contributed by atoms with Crippen LogP contribution in [0.1, 0.15) is 6.92 Å². The van der Waals surface area contributed by atoms with E-state index in [1.807, 2.05) is 0 Å². The zero-order chi connectivity index (χ0) is 9.30. The average Bonchev–Trinajstić information content (AvgIpc) is 2.32. The Morgan fingerprint density at radius 1 is 1.33 bits per heavy atom. The van der Waals surface area contributed by atoms with Gasteiger partial charge in [0.1, 0.15) is 24.4 Å². The molecule has 0 radical (unpaired) electrons. The zero-order valence-corrected chi connectivity index (χ0v) is 6.79. The Morgan fingerprint density at radius 2 is 1.92 bits per heavy atom. The Bertz CT molecular complexity index is 151. The fraction of sp³-hybridized carbons (Fsp3) is 1.00. The molecular weight excluding hydrogens is 164 g/mol. The van der Waals surface area contributed by atoms with E-state index in [-0.39, 0.29) is 0 Å². The molecule has 0 saturated carbocycles. The Morgan fingerprint density at radius 3 is 2.25 bits per heavy atom. The van der Waals surface area contributed by atoms with Gasteiger partial charge < -0.3 is 25.2 Å². The van der Waals surface area contributed by atoms with Crippen molar-refractivity contribution in [1.82, 2.24) is 0 Å². The lowest BCUT2D eigenvalue weighted by molar-refractivity contribution is -0.0786. The molecule has 1 aliphatic rings. The molecule has 5 nitrogen and oxygen atoms in total. The van der Waals surface area contributed by atoms with Crippen molar-refractivity contribution in [1.29, 1.82) is 0 Å². The normalized spacial score (nSPS) is 44.8. The maximum absolute atomic E-state index is 9.28. The highest BCUT2D eigenvalue weighted by Crippen LogP contribution is 2.22. The predicted molar refractivity (Wildman–Crippen MR) is 39.4 cm³/mol. The lowest BCUT2D eigenvalue weighted by atomic mass is 10.1. The molecule has 4 N–H and O–H groups in total. The molecular formula is C7H14O5. The van der Waals surface area contributed by atoms with Crippen LogP contribution in [0.3, 0.4) is 0 Å². The van der Waals surface area contributed by atoms with Gasteiger partial charge in [0, 0.05) is 0 Å². The lowest BCUT2D eigenvalue weighted by Crippen LogP contribution is -2.40. The third kappa shape index (κ3) is 1.60. The van der Waals surface area contributed by atoms with E-state index in [0.717, 1.165) is 0 Å². The first-order valence-corrected chi connectivity index (χ1v) is 3.88. The van der Waals surface area contributed by atoms with E-state index in [0.29, 0.717) is 0 Å². The topological polar surface area (TPSA) is 90.2 Å². The molecule has 0 bridgehead atoms. The number of hydrogen-bond donors (Lipinski definition) is 4. The fourth-order valence-electron chi connectivity index (χ4n) is 1.30. The maximum Gasteiger partial charge on any atom is 0.115 e. The molecule has 1 aliphatic heterocycles. The number of rotatable bonds is 2. The zero-order valence-electron chi connectivity index (χ0n) is 6.79. The van der Waals surface area contributed by atoms with Crippen molar-refractivity contribution < 1.29 is 25.2 Å². The summed E-state index contributed by atoms with van der Waals surface area (Å²) >= 11 is 0. The Balaban J connectivity index is 2.58. The molecule has 1 unspecified atom stereocenters. The van der Waals surface area contributed by atoms with Crippen LogP contribution in [0.4, 0.5) is 0 Å². The highest BCUT2D eigenvalue weighted by molar-refractivity contribution is 4.91. The van der Waals surface area contributed by atoms with Crippen LogP contribution >= 0.6 is 0 Å². The largest absolute Gasteiger partial charge is 0.394 e. The van der Waals surface area contributed by atoms with E-state index < -0.39 is 37.1 Å². The van der Waals surface area contributed by atoms with E-state index in [1.165, 1.54) is 0 Å². The van der Waals surface area contributed by atoms with Crippen LogP contribution in [0, 0.1) is 0 Å². The molecule has 0 aromatic rings. The quantitative estimate of drug-likeness (QED) is 0.387. The van der Waals surface area contributed by atoms with Gasteiger partial charge in [0.2, 0.25) is 0 Å². The third-order valence-electron chi connectivity index (χ3n) is 2.11. The van der Waals surface area contributed by atoms with Gasteiger partial charge in [-0.05, 0) is 6.92 Å². The molecule has 12 heavy (non-hydrogen) atoms. The standard InChI is InChI=1S/C7H14O5/c1-3-5(10)6(11)7(12-3)4(9)2-8/h3-11H,2H2,1H3/t3-,4+,5?,6-,7+/m0/s1. The Hall–Kier alpha value is -0.200. The molecule has 5 heteroatoms. The summed E-state index contributed by atoms with van der Waals surface area (Å²) in [7, 11) is 0. The fourth-order valence-corrected chi connectivity index (χ4v) is 1.30. The van der Waals surface area contributed by atoms with Crippen molar-refractivity contribution in [3.8, 4) is 0 Å². The van der Waals surface area contributed by atoms with Crippen molar-refractivity contribution in [3.63, 3.8) is 0 Å². The number of aliphatic hydroxyl groups excluding tert-OH is 4. The summed E-state index contributed by atoms with van der Waals surface area (Å²) in [4.78, 5) is 0. The number of aliphatic hydroxyl groups is 4. The summed E-state index contributed by atoms with van der Waals surface area (Å²) < 4.78 is 5.03. The van der Waals surface area contributed by atoms with Crippen molar-refractivity contribution in [2.24, 2.45) is 0 Å². The second-order valence-corrected chi connectivity index (χ2v) is 3.04. The summed E-state index contributed by atoms with van der Waals surface area (Å²) in [5.74, 6) is 0. The van der Waals surface area contributed by atoms with Crippen LogP contribution in [0.2, 0.25) is 0 Å². The van der Waals surface area contributed by atoms with E-state index in [1.54, 1.807) is 6.92 Å². The molecule has 0 aliphatic carbocycles. The second kappa shape index (κ2) is 3.68. The summed E-state index contributed by atoms with van der Waals surface area (Å²) in [5, 5.41) is 36.2. The molecule has 72 valence electrons. The first kappa shape index (κ1) is 9.88. The lowest BCUT2D eigenvalue weighted by Gasteiger charge is -2.18. The minimum absolute atomic E-state index is 0.485. The van der Waals surface area contributed by atoms with Crippen LogP contribution in [0.25, 0.3) is 0 Å². The van der Waals surface area contributed by atoms with Crippen molar-refractivity contribution in [3.05, 3.63) is 0 Å². The van der Waals surface area contributed by atoms with Gasteiger partial charge in [-0.25, -0.2) is 0 Å². The van der Waals surface area contributed by atoms with Crippen molar-refractivity contribution >= 4 is 0 Å². The monoisotopic (exact) mass is 178 g/mol. The van der Waals surface area contributed by atoms with Crippen LogP contribution in [-0.4, -0.2) is 57.6 Å². The second-order valence-electron chi connectivity index (χ2n) is 3.04. The molecule has 1 saturated heterocycles. The molecule has 0 amide bonds. The van der Waals surface area contributed by atoms with Crippen molar-refractivity contribution in [2.75, 3.05) is 6.61 Å². The summed E-state index contributed by atoms with van der Waals surface area (Å²) in [6.45, 7) is 1.11. The molecule has 5 atom stereocenters. The predicted octanol–water partition coefficient (Wildman–Crippen LogP) is -2.15. The van der Waals surface area contributed by atoms with Crippen LogP contribution in [0.5, 0.6) is 0 Å². The maximum atomic E-state index is 9.28. The van der Waals surface area contributed by atoms with E-state index >= 15 is 0 Å². The van der Waals surface area contributed by atoms with Crippen LogP contribution in [-0.2, 0) is 4.74 Å². The van der Waals surface area contributed by atoms with E-state index in [4.69, 9.17) is 14.9 Å². The van der Waals surface area contributed by atoms with Gasteiger partial charge >= 0.3 is 0 Å². The molecule has 0 spiro atoms.